The van der Waals surface area contributed by atoms with Gasteiger partial charge in [0.1, 0.15) is 6.54 Å². The lowest BCUT2D eigenvalue weighted by Crippen LogP contribution is -2.27. The fourth-order valence-electron chi connectivity index (χ4n) is 2.94. The summed E-state index contributed by atoms with van der Waals surface area (Å²) in [5, 5.41) is 8.02. The number of carbonyl (C=O) groups excluding carboxylic acids is 1. The molecule has 0 N–H and O–H groups in total. The van der Waals surface area contributed by atoms with Gasteiger partial charge in [0.15, 0.2) is 5.78 Å². The maximum absolute atomic E-state index is 12.6. The van der Waals surface area contributed by atoms with E-state index in [2.05, 4.69) is 15.0 Å². The highest BCUT2D eigenvalue weighted by Gasteiger charge is 2.18. The SMILES string of the molecule is CCn1c(C)cc(C(=O)Cn2nnn(-c3ccccc3Cl)c2=O)c1C. The Morgan fingerprint density at radius 3 is 2.56 bits per heavy atom. The summed E-state index contributed by atoms with van der Waals surface area (Å²) < 4.78 is 4.19. The van der Waals surface area contributed by atoms with Crippen molar-refractivity contribution < 1.29 is 4.79 Å². The average molecular weight is 360 g/mol. The van der Waals surface area contributed by atoms with Gasteiger partial charge in [-0.3, -0.25) is 4.79 Å². The first-order valence-corrected chi connectivity index (χ1v) is 8.29. The zero-order valence-corrected chi connectivity index (χ0v) is 15.0. The van der Waals surface area contributed by atoms with E-state index in [0.717, 1.165) is 27.3 Å². The second-order valence-electron chi connectivity index (χ2n) is 5.73. The summed E-state index contributed by atoms with van der Waals surface area (Å²) in [6.45, 7) is 6.49. The summed E-state index contributed by atoms with van der Waals surface area (Å²) in [4.78, 5) is 25.1. The topological polar surface area (TPSA) is 74.7 Å². The molecule has 3 rings (SSSR count). The van der Waals surface area contributed by atoms with Crippen molar-refractivity contribution >= 4 is 17.4 Å². The van der Waals surface area contributed by atoms with Gasteiger partial charge in [0.2, 0.25) is 0 Å². The van der Waals surface area contributed by atoms with Crippen molar-refractivity contribution in [2.75, 3.05) is 0 Å². The molecule has 8 heteroatoms. The number of aromatic nitrogens is 5. The van der Waals surface area contributed by atoms with E-state index in [1.54, 1.807) is 24.3 Å². The van der Waals surface area contributed by atoms with Gasteiger partial charge in [0.25, 0.3) is 0 Å². The molecule has 3 aromatic rings. The molecule has 2 heterocycles. The van der Waals surface area contributed by atoms with Crippen molar-refractivity contribution in [1.82, 2.24) is 24.4 Å². The van der Waals surface area contributed by atoms with Crippen molar-refractivity contribution in [3.63, 3.8) is 0 Å². The highest BCUT2D eigenvalue weighted by Crippen LogP contribution is 2.17. The number of aryl methyl sites for hydroxylation is 1. The molecule has 0 fully saturated rings. The second-order valence-corrected chi connectivity index (χ2v) is 6.14. The van der Waals surface area contributed by atoms with Crippen LogP contribution in [-0.2, 0) is 13.1 Å². The molecule has 0 unspecified atom stereocenters. The average Bonchev–Trinajstić information content (AvgIpc) is 3.08. The molecule has 1 aromatic carbocycles. The van der Waals surface area contributed by atoms with Gasteiger partial charge in [-0.1, -0.05) is 23.7 Å². The van der Waals surface area contributed by atoms with Crippen LogP contribution in [0.25, 0.3) is 5.69 Å². The summed E-state index contributed by atoms with van der Waals surface area (Å²) in [5.74, 6) is -0.180. The number of nitrogens with zero attached hydrogens (tertiary/aromatic N) is 5. The smallest absolute Gasteiger partial charge is 0.349 e. The van der Waals surface area contributed by atoms with Crippen molar-refractivity contribution in [1.29, 1.82) is 0 Å². The first-order valence-electron chi connectivity index (χ1n) is 7.91. The third kappa shape index (κ3) is 3.02. The van der Waals surface area contributed by atoms with E-state index in [1.807, 2.05) is 26.8 Å². The van der Waals surface area contributed by atoms with Crippen molar-refractivity contribution in [2.45, 2.75) is 33.9 Å². The minimum Gasteiger partial charge on any atom is -0.349 e. The minimum absolute atomic E-state index is 0.169. The van der Waals surface area contributed by atoms with Crippen LogP contribution < -0.4 is 5.69 Å². The molecule has 0 aliphatic carbocycles. The standard InChI is InChI=1S/C17H18ClN5O2/c1-4-21-11(2)9-13(12(21)3)16(24)10-22-17(25)23(20-19-22)15-8-6-5-7-14(15)18/h5-9H,4,10H2,1-3H3. The van der Waals surface area contributed by atoms with Crippen molar-refractivity contribution in [3.8, 4) is 5.69 Å². The van der Waals surface area contributed by atoms with Crippen LogP contribution in [0.4, 0.5) is 0 Å². The zero-order chi connectivity index (χ0) is 18.1. The number of benzene rings is 1. The molecule has 130 valence electrons. The van der Waals surface area contributed by atoms with Gasteiger partial charge in [-0.15, -0.1) is 0 Å². The van der Waals surface area contributed by atoms with Crippen molar-refractivity contribution in [3.05, 3.63) is 62.8 Å². The van der Waals surface area contributed by atoms with Crippen LogP contribution in [0, 0.1) is 13.8 Å². The summed E-state index contributed by atoms with van der Waals surface area (Å²) in [6.07, 6.45) is 0. The van der Waals surface area contributed by atoms with Crippen LogP contribution in [0.5, 0.6) is 0 Å². The summed E-state index contributed by atoms with van der Waals surface area (Å²) in [7, 11) is 0. The Labute approximate surface area is 149 Å². The van der Waals surface area contributed by atoms with E-state index in [0.29, 0.717) is 16.3 Å². The van der Waals surface area contributed by atoms with E-state index in [9.17, 15) is 9.59 Å². The molecule has 0 saturated heterocycles. The summed E-state index contributed by atoms with van der Waals surface area (Å²) in [6, 6.07) is 8.67. The van der Waals surface area contributed by atoms with E-state index in [-0.39, 0.29) is 12.3 Å². The number of hydrogen-bond donors (Lipinski definition) is 0. The highest BCUT2D eigenvalue weighted by atomic mass is 35.5. The van der Waals surface area contributed by atoms with Gasteiger partial charge in [0.05, 0.1) is 10.7 Å². The van der Waals surface area contributed by atoms with E-state index < -0.39 is 5.69 Å². The minimum atomic E-state index is -0.509. The molecule has 0 bridgehead atoms. The zero-order valence-electron chi connectivity index (χ0n) is 14.2. The van der Waals surface area contributed by atoms with Crippen LogP contribution in [0.3, 0.4) is 0 Å². The lowest BCUT2D eigenvalue weighted by atomic mass is 10.1. The molecular formula is C17H18ClN5O2. The Hall–Kier alpha value is -2.67. The number of Topliss-reactive ketones (excluding diaryl/α,β-unsaturated/α-hetero) is 1. The third-order valence-corrected chi connectivity index (χ3v) is 4.52. The number of ketones is 1. The largest absolute Gasteiger partial charge is 0.368 e. The Morgan fingerprint density at radius 2 is 1.92 bits per heavy atom. The Bertz CT molecular complexity index is 999. The monoisotopic (exact) mass is 359 g/mol. The summed E-state index contributed by atoms with van der Waals surface area (Å²) in [5.41, 5.74) is 2.41. The molecule has 2 aromatic heterocycles. The number of hydrogen-bond acceptors (Lipinski definition) is 4. The number of tetrazole rings is 1. The number of rotatable bonds is 5. The lowest BCUT2D eigenvalue weighted by molar-refractivity contribution is 0.0965. The molecule has 0 saturated carbocycles. The molecule has 0 radical (unpaired) electrons. The predicted molar refractivity (Wildman–Crippen MR) is 94.5 cm³/mol. The van der Waals surface area contributed by atoms with Crippen LogP contribution in [-0.4, -0.2) is 30.1 Å². The van der Waals surface area contributed by atoms with Gasteiger partial charge in [-0.2, -0.15) is 9.36 Å². The number of carbonyl (C=O) groups is 1. The Kier molecular flexibility index (Phi) is 4.59. The fraction of sp³-hybridized carbons (Fsp3) is 0.294. The normalized spacial score (nSPS) is 11.0. The predicted octanol–water partition coefficient (Wildman–Crippen LogP) is 2.40. The molecule has 0 atom stereocenters. The first-order chi connectivity index (χ1) is 11.9. The first kappa shape index (κ1) is 17.2. The van der Waals surface area contributed by atoms with Crippen LogP contribution in [0.1, 0.15) is 28.7 Å². The van der Waals surface area contributed by atoms with Gasteiger partial charge in [-0.25, -0.2) is 4.79 Å². The maximum atomic E-state index is 12.6. The lowest BCUT2D eigenvalue weighted by Gasteiger charge is -2.05. The molecular weight excluding hydrogens is 342 g/mol. The molecule has 0 aliphatic rings. The number of para-hydroxylation sites is 1. The van der Waals surface area contributed by atoms with Gasteiger partial charge < -0.3 is 4.57 Å². The van der Waals surface area contributed by atoms with Crippen molar-refractivity contribution in [2.24, 2.45) is 0 Å². The second kappa shape index (κ2) is 6.68. The molecule has 25 heavy (non-hydrogen) atoms. The molecule has 0 spiro atoms. The van der Waals surface area contributed by atoms with Gasteiger partial charge >= 0.3 is 5.69 Å². The van der Waals surface area contributed by atoms with Crippen LogP contribution >= 0.6 is 11.6 Å². The van der Waals surface area contributed by atoms with E-state index >= 15 is 0 Å². The highest BCUT2D eigenvalue weighted by molar-refractivity contribution is 6.32. The molecule has 7 nitrogen and oxygen atoms in total. The van der Waals surface area contributed by atoms with Crippen LogP contribution in [0.15, 0.2) is 35.1 Å². The number of halogens is 1. The van der Waals surface area contributed by atoms with E-state index in [4.69, 9.17) is 11.6 Å². The molecule has 0 amide bonds. The third-order valence-electron chi connectivity index (χ3n) is 4.20. The van der Waals surface area contributed by atoms with E-state index in [1.165, 1.54) is 0 Å². The summed E-state index contributed by atoms with van der Waals surface area (Å²) >= 11 is 6.09. The maximum Gasteiger partial charge on any atom is 0.368 e. The quantitative estimate of drug-likeness (QED) is 0.655. The fourth-order valence-corrected chi connectivity index (χ4v) is 3.16. The van der Waals surface area contributed by atoms with Gasteiger partial charge in [0, 0.05) is 23.5 Å². The van der Waals surface area contributed by atoms with Gasteiger partial charge in [-0.05, 0) is 49.4 Å². The Morgan fingerprint density at radius 1 is 1.20 bits per heavy atom. The Balaban J connectivity index is 1.91. The molecule has 0 aliphatic heterocycles. The van der Waals surface area contributed by atoms with Crippen LogP contribution in [0.2, 0.25) is 5.02 Å².